The number of benzene rings is 2. The van der Waals surface area contributed by atoms with Gasteiger partial charge in [0.05, 0.1) is 10.6 Å². The Balaban J connectivity index is 1.77. The summed E-state index contributed by atoms with van der Waals surface area (Å²) in [6, 6.07) is 8.62. The molecule has 1 N–H and O–H groups in total. The summed E-state index contributed by atoms with van der Waals surface area (Å²) in [7, 11) is 0. The second-order valence-corrected chi connectivity index (χ2v) is 8.74. The molecule has 0 radical (unpaired) electrons. The second kappa shape index (κ2) is 9.61. The smallest absolute Gasteiger partial charge is 0.335 e. The summed E-state index contributed by atoms with van der Waals surface area (Å²) in [6.45, 7) is 6.94. The van der Waals surface area contributed by atoms with Gasteiger partial charge in [-0.05, 0) is 43.2 Å². The third-order valence-electron chi connectivity index (χ3n) is 6.29. The standard InChI is InChI=1S/C25H25N5O6/c1-15-4-5-16(2)22(12-15)29-24(33)20(23(32)26-25(29)34)14-18-13-19(30(35)36)6-7-21(18)28-10-8-27(9-11-28)17(3)31/h4-7,12-14H,8-11H2,1-3H3,(H,26,32,34)/b20-14-. The average molecular weight is 492 g/mol. The molecule has 2 aliphatic rings. The zero-order valence-corrected chi connectivity index (χ0v) is 20.1. The van der Waals surface area contributed by atoms with Gasteiger partial charge in [-0.1, -0.05) is 12.1 Å². The number of imide groups is 2. The molecule has 0 saturated carbocycles. The van der Waals surface area contributed by atoms with Crippen LogP contribution in [0.15, 0.2) is 42.0 Å². The van der Waals surface area contributed by atoms with Crippen LogP contribution in [0.25, 0.3) is 6.08 Å². The molecular formula is C25H25N5O6. The van der Waals surface area contributed by atoms with Crippen molar-refractivity contribution in [1.82, 2.24) is 10.2 Å². The van der Waals surface area contributed by atoms with Crippen molar-refractivity contribution < 1.29 is 24.1 Å². The van der Waals surface area contributed by atoms with E-state index in [1.165, 1.54) is 25.1 Å². The van der Waals surface area contributed by atoms with Gasteiger partial charge in [0, 0.05) is 56.5 Å². The Morgan fingerprint density at radius 1 is 1.00 bits per heavy atom. The van der Waals surface area contributed by atoms with Gasteiger partial charge in [0.1, 0.15) is 5.57 Å². The Labute approximate surface area is 207 Å². The number of non-ortho nitro benzene ring substituents is 1. The van der Waals surface area contributed by atoms with Gasteiger partial charge < -0.3 is 9.80 Å². The summed E-state index contributed by atoms with van der Waals surface area (Å²) >= 11 is 0. The molecule has 0 bridgehead atoms. The molecule has 0 unspecified atom stereocenters. The number of aryl methyl sites for hydroxylation is 2. The highest BCUT2D eigenvalue weighted by molar-refractivity contribution is 6.39. The first-order chi connectivity index (χ1) is 17.1. The molecule has 186 valence electrons. The number of anilines is 2. The monoisotopic (exact) mass is 491 g/mol. The number of piperazine rings is 1. The maximum Gasteiger partial charge on any atom is 0.335 e. The van der Waals surface area contributed by atoms with Crippen molar-refractivity contribution in [2.75, 3.05) is 36.0 Å². The molecule has 0 aliphatic carbocycles. The van der Waals surface area contributed by atoms with Gasteiger partial charge in [-0.15, -0.1) is 0 Å². The van der Waals surface area contributed by atoms with Gasteiger partial charge in [0.2, 0.25) is 5.91 Å². The van der Waals surface area contributed by atoms with E-state index in [2.05, 4.69) is 5.32 Å². The molecule has 0 spiro atoms. The Hall–Kier alpha value is -4.54. The Morgan fingerprint density at radius 2 is 1.69 bits per heavy atom. The van der Waals surface area contributed by atoms with Gasteiger partial charge in [-0.25, -0.2) is 9.69 Å². The molecule has 2 fully saturated rings. The maximum absolute atomic E-state index is 13.4. The van der Waals surface area contributed by atoms with Crippen LogP contribution in [0.4, 0.5) is 21.9 Å². The maximum atomic E-state index is 13.4. The molecule has 5 amide bonds. The van der Waals surface area contributed by atoms with Gasteiger partial charge in [-0.2, -0.15) is 0 Å². The van der Waals surface area contributed by atoms with Crippen molar-refractivity contribution in [3.63, 3.8) is 0 Å². The molecule has 4 rings (SSSR count). The van der Waals surface area contributed by atoms with Crippen LogP contribution >= 0.6 is 0 Å². The predicted octanol–water partition coefficient (Wildman–Crippen LogP) is 2.55. The lowest BCUT2D eigenvalue weighted by atomic mass is 10.0. The molecule has 0 aromatic heterocycles. The van der Waals surface area contributed by atoms with E-state index in [0.717, 1.165) is 10.5 Å². The van der Waals surface area contributed by atoms with Crippen molar-refractivity contribution in [3.8, 4) is 0 Å². The second-order valence-electron chi connectivity index (χ2n) is 8.74. The minimum absolute atomic E-state index is 0.0404. The van der Waals surface area contributed by atoms with E-state index in [9.17, 15) is 29.3 Å². The van der Waals surface area contributed by atoms with Gasteiger partial charge in [-0.3, -0.25) is 29.8 Å². The summed E-state index contributed by atoms with van der Waals surface area (Å²) in [5.41, 5.74) is 2.16. The van der Waals surface area contributed by atoms with E-state index in [-0.39, 0.29) is 22.7 Å². The highest BCUT2D eigenvalue weighted by Crippen LogP contribution is 2.31. The van der Waals surface area contributed by atoms with Crippen LogP contribution in [0, 0.1) is 24.0 Å². The van der Waals surface area contributed by atoms with Crippen LogP contribution < -0.4 is 15.1 Å². The fourth-order valence-corrected chi connectivity index (χ4v) is 4.31. The summed E-state index contributed by atoms with van der Waals surface area (Å²) in [6.07, 6.45) is 1.28. The first kappa shape index (κ1) is 24.6. The SMILES string of the molecule is CC(=O)N1CCN(c2ccc([N+](=O)[O-])cc2/C=C2/C(=O)NC(=O)N(c3cc(C)ccc3C)C2=O)CC1. The van der Waals surface area contributed by atoms with Crippen LogP contribution in [-0.2, 0) is 14.4 Å². The average Bonchev–Trinajstić information content (AvgIpc) is 2.83. The number of barbiturate groups is 1. The first-order valence-electron chi connectivity index (χ1n) is 11.3. The Kier molecular flexibility index (Phi) is 6.56. The largest absolute Gasteiger partial charge is 0.367 e. The number of nitrogens with zero attached hydrogens (tertiary/aromatic N) is 4. The lowest BCUT2D eigenvalue weighted by molar-refractivity contribution is -0.384. The number of hydrogen-bond donors (Lipinski definition) is 1. The van der Waals surface area contributed by atoms with E-state index in [4.69, 9.17) is 0 Å². The van der Waals surface area contributed by atoms with Gasteiger partial charge in [0.15, 0.2) is 0 Å². The number of rotatable bonds is 4. The predicted molar refractivity (Wildman–Crippen MR) is 132 cm³/mol. The topological polar surface area (TPSA) is 133 Å². The molecule has 2 aromatic carbocycles. The molecule has 0 atom stereocenters. The number of amides is 5. The summed E-state index contributed by atoms with van der Waals surface area (Å²) in [4.78, 5) is 65.9. The first-order valence-corrected chi connectivity index (χ1v) is 11.3. The minimum Gasteiger partial charge on any atom is -0.367 e. The van der Waals surface area contributed by atoms with Crippen LogP contribution in [-0.4, -0.2) is 59.8 Å². The molecule has 11 heteroatoms. The molecule has 2 aromatic rings. The molecule has 11 nitrogen and oxygen atoms in total. The fraction of sp³-hybridized carbons (Fsp3) is 0.280. The number of hydrogen-bond acceptors (Lipinski definition) is 7. The zero-order chi connectivity index (χ0) is 26.1. The van der Waals surface area contributed by atoms with Crippen molar-refractivity contribution in [2.24, 2.45) is 0 Å². The number of nitro groups is 1. The lowest BCUT2D eigenvalue weighted by Gasteiger charge is -2.36. The number of nitrogens with one attached hydrogen (secondary N) is 1. The van der Waals surface area contributed by atoms with Crippen molar-refractivity contribution in [1.29, 1.82) is 0 Å². The summed E-state index contributed by atoms with van der Waals surface area (Å²) in [5.74, 6) is -1.75. The number of urea groups is 1. The summed E-state index contributed by atoms with van der Waals surface area (Å²) in [5, 5.41) is 13.7. The quantitative estimate of drug-likeness (QED) is 0.301. The van der Waals surface area contributed by atoms with E-state index in [0.29, 0.717) is 43.1 Å². The van der Waals surface area contributed by atoms with E-state index < -0.39 is 22.8 Å². The highest BCUT2D eigenvalue weighted by atomic mass is 16.6. The number of carbonyl (C=O) groups excluding carboxylic acids is 4. The number of nitro benzene ring substituents is 1. The molecule has 2 aliphatic heterocycles. The Morgan fingerprint density at radius 3 is 2.33 bits per heavy atom. The van der Waals surface area contributed by atoms with Gasteiger partial charge in [0.25, 0.3) is 17.5 Å². The number of carbonyl (C=O) groups is 4. The van der Waals surface area contributed by atoms with E-state index in [1.54, 1.807) is 30.0 Å². The zero-order valence-electron chi connectivity index (χ0n) is 20.1. The fourth-order valence-electron chi connectivity index (χ4n) is 4.31. The van der Waals surface area contributed by atoms with E-state index >= 15 is 0 Å². The van der Waals surface area contributed by atoms with Crippen molar-refractivity contribution in [3.05, 3.63) is 68.8 Å². The Bertz CT molecular complexity index is 1330. The van der Waals surface area contributed by atoms with Crippen molar-refractivity contribution in [2.45, 2.75) is 20.8 Å². The lowest BCUT2D eigenvalue weighted by Crippen LogP contribution is -2.54. The van der Waals surface area contributed by atoms with E-state index in [1.807, 2.05) is 17.9 Å². The van der Waals surface area contributed by atoms with Crippen LogP contribution in [0.1, 0.15) is 23.6 Å². The third kappa shape index (κ3) is 4.67. The van der Waals surface area contributed by atoms with Crippen LogP contribution in [0.2, 0.25) is 0 Å². The highest BCUT2D eigenvalue weighted by Gasteiger charge is 2.38. The van der Waals surface area contributed by atoms with Crippen LogP contribution in [0.3, 0.4) is 0 Å². The minimum atomic E-state index is -0.884. The third-order valence-corrected chi connectivity index (χ3v) is 6.29. The molecular weight excluding hydrogens is 466 g/mol. The van der Waals surface area contributed by atoms with Crippen LogP contribution in [0.5, 0.6) is 0 Å². The molecule has 2 heterocycles. The molecule has 2 saturated heterocycles. The normalized spacial score (nSPS) is 17.5. The summed E-state index contributed by atoms with van der Waals surface area (Å²) < 4.78 is 0. The van der Waals surface area contributed by atoms with Crippen molar-refractivity contribution >= 4 is 46.9 Å². The van der Waals surface area contributed by atoms with Gasteiger partial charge >= 0.3 is 6.03 Å². The molecule has 36 heavy (non-hydrogen) atoms.